The van der Waals surface area contributed by atoms with E-state index in [0.717, 1.165) is 13.0 Å². The summed E-state index contributed by atoms with van der Waals surface area (Å²) in [5.74, 6) is -0.185. The molecule has 0 aromatic rings. The van der Waals surface area contributed by atoms with Crippen molar-refractivity contribution in [1.29, 1.82) is 0 Å². The standard InChI is InChI=1S/C5H11N3O/c6-5(9)4-1-2-7-8-3-4/h4,7-8H,1-3H2,(H2,6,9). The Balaban J connectivity index is 2.31. The van der Waals surface area contributed by atoms with Crippen LogP contribution >= 0.6 is 0 Å². The highest BCUT2D eigenvalue weighted by atomic mass is 16.1. The molecule has 4 nitrogen and oxygen atoms in total. The van der Waals surface area contributed by atoms with Crippen LogP contribution in [-0.2, 0) is 4.79 Å². The normalized spacial score (nSPS) is 27.8. The van der Waals surface area contributed by atoms with Crippen LogP contribution in [-0.4, -0.2) is 19.0 Å². The maximum absolute atomic E-state index is 10.5. The number of nitrogens with one attached hydrogen (secondary N) is 2. The van der Waals surface area contributed by atoms with Crippen molar-refractivity contribution in [3.8, 4) is 0 Å². The van der Waals surface area contributed by atoms with Crippen LogP contribution in [0.4, 0.5) is 0 Å². The van der Waals surface area contributed by atoms with Crippen LogP contribution in [0.2, 0.25) is 0 Å². The fraction of sp³-hybridized carbons (Fsp3) is 0.800. The Morgan fingerprint density at radius 1 is 1.56 bits per heavy atom. The van der Waals surface area contributed by atoms with Gasteiger partial charge in [-0.3, -0.25) is 15.6 Å². The number of nitrogens with two attached hydrogens (primary N) is 1. The number of hydrogen-bond donors (Lipinski definition) is 3. The Labute approximate surface area is 53.8 Å². The van der Waals surface area contributed by atoms with Crippen LogP contribution in [0.15, 0.2) is 0 Å². The van der Waals surface area contributed by atoms with E-state index in [-0.39, 0.29) is 11.8 Å². The molecule has 0 aromatic heterocycles. The molecule has 1 aliphatic rings. The number of rotatable bonds is 1. The van der Waals surface area contributed by atoms with Crippen molar-refractivity contribution in [3.63, 3.8) is 0 Å². The van der Waals surface area contributed by atoms with Crippen LogP contribution in [0, 0.1) is 5.92 Å². The third kappa shape index (κ3) is 1.65. The lowest BCUT2D eigenvalue weighted by Crippen LogP contribution is -2.46. The first kappa shape index (κ1) is 6.51. The van der Waals surface area contributed by atoms with Crippen molar-refractivity contribution < 1.29 is 4.79 Å². The average molecular weight is 129 g/mol. The molecular weight excluding hydrogens is 118 g/mol. The SMILES string of the molecule is NC(=O)C1CCNNC1. The van der Waals surface area contributed by atoms with Gasteiger partial charge in [0, 0.05) is 13.1 Å². The molecule has 1 heterocycles. The van der Waals surface area contributed by atoms with Crippen LogP contribution in [0.1, 0.15) is 6.42 Å². The monoisotopic (exact) mass is 129 g/mol. The molecule has 0 aromatic carbocycles. The molecule has 1 fully saturated rings. The van der Waals surface area contributed by atoms with E-state index in [9.17, 15) is 4.79 Å². The van der Waals surface area contributed by atoms with Crippen molar-refractivity contribution in [2.24, 2.45) is 11.7 Å². The lowest BCUT2D eigenvalue weighted by molar-refractivity contribution is -0.122. The summed E-state index contributed by atoms with van der Waals surface area (Å²) >= 11 is 0. The second-order valence-corrected chi connectivity index (χ2v) is 2.20. The first-order valence-corrected chi connectivity index (χ1v) is 3.06. The molecule has 4 N–H and O–H groups in total. The Bertz CT molecular complexity index is 109. The molecule has 1 atom stereocenters. The van der Waals surface area contributed by atoms with E-state index < -0.39 is 0 Å². The van der Waals surface area contributed by atoms with Gasteiger partial charge in [-0.05, 0) is 6.42 Å². The Morgan fingerprint density at radius 2 is 2.33 bits per heavy atom. The topological polar surface area (TPSA) is 67.2 Å². The van der Waals surface area contributed by atoms with Gasteiger partial charge in [0.25, 0.3) is 0 Å². The van der Waals surface area contributed by atoms with Gasteiger partial charge in [-0.2, -0.15) is 0 Å². The van der Waals surface area contributed by atoms with Gasteiger partial charge < -0.3 is 5.73 Å². The minimum atomic E-state index is -0.205. The highest BCUT2D eigenvalue weighted by Gasteiger charge is 2.16. The number of amides is 1. The summed E-state index contributed by atoms with van der Waals surface area (Å²) < 4.78 is 0. The van der Waals surface area contributed by atoms with Crippen LogP contribution in [0.5, 0.6) is 0 Å². The van der Waals surface area contributed by atoms with E-state index in [1.165, 1.54) is 0 Å². The maximum atomic E-state index is 10.5. The van der Waals surface area contributed by atoms with Crippen molar-refractivity contribution in [2.75, 3.05) is 13.1 Å². The van der Waals surface area contributed by atoms with E-state index >= 15 is 0 Å². The molecule has 1 unspecified atom stereocenters. The number of carbonyl (C=O) groups is 1. The third-order valence-electron chi connectivity index (χ3n) is 1.49. The third-order valence-corrected chi connectivity index (χ3v) is 1.49. The molecule has 1 rings (SSSR count). The zero-order valence-electron chi connectivity index (χ0n) is 5.18. The molecule has 0 bridgehead atoms. The summed E-state index contributed by atoms with van der Waals surface area (Å²) in [5, 5.41) is 0. The number of hydrazine groups is 1. The zero-order valence-corrected chi connectivity index (χ0v) is 5.18. The maximum Gasteiger partial charge on any atom is 0.221 e. The van der Waals surface area contributed by atoms with Gasteiger partial charge in [-0.25, -0.2) is 0 Å². The smallest absolute Gasteiger partial charge is 0.221 e. The minimum Gasteiger partial charge on any atom is -0.369 e. The first-order valence-electron chi connectivity index (χ1n) is 3.06. The fourth-order valence-electron chi connectivity index (χ4n) is 0.875. The van der Waals surface area contributed by atoms with Crippen molar-refractivity contribution in [3.05, 3.63) is 0 Å². The molecule has 52 valence electrons. The van der Waals surface area contributed by atoms with E-state index in [1.807, 2.05) is 0 Å². The summed E-state index contributed by atoms with van der Waals surface area (Å²) in [6.07, 6.45) is 0.850. The van der Waals surface area contributed by atoms with E-state index in [4.69, 9.17) is 5.73 Å². The predicted octanol–water partition coefficient (Wildman–Crippen LogP) is -1.41. The summed E-state index contributed by atoms with van der Waals surface area (Å²) in [6, 6.07) is 0. The van der Waals surface area contributed by atoms with Gasteiger partial charge in [-0.1, -0.05) is 0 Å². The minimum absolute atomic E-state index is 0.0197. The van der Waals surface area contributed by atoms with Gasteiger partial charge in [0.1, 0.15) is 0 Å². The lowest BCUT2D eigenvalue weighted by atomic mass is 10.0. The molecule has 1 amide bonds. The Morgan fingerprint density at radius 3 is 2.67 bits per heavy atom. The average Bonchev–Trinajstić information content (AvgIpc) is 1.90. The second kappa shape index (κ2) is 2.80. The fourth-order valence-corrected chi connectivity index (χ4v) is 0.875. The molecule has 0 spiro atoms. The highest BCUT2D eigenvalue weighted by molar-refractivity contribution is 5.76. The van der Waals surface area contributed by atoms with Crippen LogP contribution in [0.3, 0.4) is 0 Å². The Kier molecular flexibility index (Phi) is 2.02. The van der Waals surface area contributed by atoms with Crippen molar-refractivity contribution in [1.82, 2.24) is 10.9 Å². The van der Waals surface area contributed by atoms with E-state index in [2.05, 4.69) is 10.9 Å². The quantitative estimate of drug-likeness (QED) is 0.407. The largest absolute Gasteiger partial charge is 0.369 e. The summed E-state index contributed by atoms with van der Waals surface area (Å²) in [5.41, 5.74) is 10.8. The molecule has 1 saturated heterocycles. The van der Waals surface area contributed by atoms with Crippen molar-refractivity contribution in [2.45, 2.75) is 6.42 Å². The molecule has 1 aliphatic heterocycles. The van der Waals surface area contributed by atoms with Gasteiger partial charge in [0.2, 0.25) is 5.91 Å². The second-order valence-electron chi connectivity index (χ2n) is 2.20. The molecule has 4 heteroatoms. The van der Waals surface area contributed by atoms with Gasteiger partial charge in [-0.15, -0.1) is 0 Å². The highest BCUT2D eigenvalue weighted by Crippen LogP contribution is 2.01. The van der Waals surface area contributed by atoms with Gasteiger partial charge >= 0.3 is 0 Å². The van der Waals surface area contributed by atoms with Crippen LogP contribution in [0.25, 0.3) is 0 Å². The summed E-state index contributed by atoms with van der Waals surface area (Å²) in [6.45, 7) is 1.49. The molecule has 0 aliphatic carbocycles. The molecular formula is C5H11N3O. The zero-order chi connectivity index (χ0) is 6.69. The molecule has 9 heavy (non-hydrogen) atoms. The Hall–Kier alpha value is -0.610. The summed E-state index contributed by atoms with van der Waals surface area (Å²) in [4.78, 5) is 10.5. The van der Waals surface area contributed by atoms with E-state index in [1.54, 1.807) is 0 Å². The van der Waals surface area contributed by atoms with Crippen molar-refractivity contribution >= 4 is 5.91 Å². The van der Waals surface area contributed by atoms with Gasteiger partial charge in [0.15, 0.2) is 0 Å². The van der Waals surface area contributed by atoms with Gasteiger partial charge in [0.05, 0.1) is 5.92 Å². The van der Waals surface area contributed by atoms with E-state index in [0.29, 0.717) is 6.54 Å². The lowest BCUT2D eigenvalue weighted by Gasteiger charge is -2.20. The number of primary amides is 1. The first-order chi connectivity index (χ1) is 4.30. The molecule has 0 radical (unpaired) electrons. The van der Waals surface area contributed by atoms with Crippen LogP contribution < -0.4 is 16.6 Å². The summed E-state index contributed by atoms with van der Waals surface area (Å²) in [7, 11) is 0. The number of carbonyl (C=O) groups excluding carboxylic acids is 1. The number of hydrogen-bond acceptors (Lipinski definition) is 3. The predicted molar refractivity (Wildman–Crippen MR) is 33.3 cm³/mol. The molecule has 0 saturated carbocycles.